The van der Waals surface area contributed by atoms with Crippen molar-refractivity contribution < 1.29 is 22.0 Å². The van der Waals surface area contributed by atoms with E-state index in [1.807, 2.05) is 6.08 Å². The van der Waals surface area contributed by atoms with Crippen LogP contribution >= 0.6 is 11.6 Å². The summed E-state index contributed by atoms with van der Waals surface area (Å²) in [5, 5.41) is 9.11. The maximum atomic E-state index is 9.11. The molecule has 4 heteroatoms. The maximum absolute atomic E-state index is 9.11. The van der Waals surface area contributed by atoms with Crippen molar-refractivity contribution in [1.82, 2.24) is 0 Å². The van der Waals surface area contributed by atoms with Crippen LogP contribution in [0.3, 0.4) is 0 Å². The molecule has 0 aromatic carbocycles. The Morgan fingerprint density at radius 3 is 2.33 bits per heavy atom. The van der Waals surface area contributed by atoms with Crippen LogP contribution in [0.1, 0.15) is 6.92 Å². The highest BCUT2D eigenvalue weighted by Crippen LogP contribution is 2.00. The smallest absolute Gasteiger partial charge is 0.105 e. The van der Waals surface area contributed by atoms with E-state index in [4.69, 9.17) is 16.7 Å². The molecule has 0 bridgehead atoms. The highest BCUT2D eigenvalue weighted by Gasteiger charge is 2.15. The largest absolute Gasteiger partial charge is 1.00 e. The molecule has 74 valence electrons. The number of aliphatic hydroxyl groups excluding tert-OH is 1. The number of hydrogen-bond donors (Lipinski definition) is 1. The SMILES string of the molecule is CC(O)C[N+](C)(C)CC=CCl.[Cl-]. The number of quaternary nitrogens is 1. The zero-order valence-electron chi connectivity index (χ0n) is 7.80. The monoisotopic (exact) mass is 213 g/mol. The van der Waals surface area contributed by atoms with E-state index in [0.29, 0.717) is 0 Å². The van der Waals surface area contributed by atoms with Gasteiger partial charge in [-0.05, 0) is 13.0 Å². The zero-order valence-corrected chi connectivity index (χ0v) is 9.31. The van der Waals surface area contributed by atoms with Gasteiger partial charge in [-0.1, -0.05) is 11.6 Å². The summed E-state index contributed by atoms with van der Waals surface area (Å²) >= 11 is 5.39. The normalized spacial score (nSPS) is 14.4. The summed E-state index contributed by atoms with van der Waals surface area (Å²) in [6.07, 6.45) is 1.64. The van der Waals surface area contributed by atoms with Gasteiger partial charge in [0.1, 0.15) is 12.6 Å². The van der Waals surface area contributed by atoms with Crippen molar-refractivity contribution in [3.05, 3.63) is 11.6 Å². The van der Waals surface area contributed by atoms with Gasteiger partial charge in [0, 0.05) is 5.54 Å². The molecule has 0 radical (unpaired) electrons. The van der Waals surface area contributed by atoms with Crippen LogP contribution in [0.4, 0.5) is 0 Å². The lowest BCUT2D eigenvalue weighted by atomic mass is 10.3. The molecule has 0 saturated carbocycles. The lowest BCUT2D eigenvalue weighted by molar-refractivity contribution is -0.887. The Kier molecular flexibility index (Phi) is 8.26. The third kappa shape index (κ3) is 8.34. The minimum Gasteiger partial charge on any atom is -1.00 e. The van der Waals surface area contributed by atoms with Gasteiger partial charge in [0.15, 0.2) is 0 Å². The standard InChI is InChI=1S/C8H17ClNO.ClH/c1-8(11)7-10(2,3)6-4-5-9;/h4-5,8,11H,6-7H2,1-3H3;1H/q+1;/p-1. The first kappa shape index (κ1) is 14.7. The summed E-state index contributed by atoms with van der Waals surface area (Å²) in [6, 6.07) is 0. The highest BCUT2D eigenvalue weighted by molar-refractivity contribution is 6.25. The summed E-state index contributed by atoms with van der Waals surface area (Å²) < 4.78 is 0.765. The summed E-state index contributed by atoms with van der Waals surface area (Å²) in [5.41, 5.74) is 1.52. The lowest BCUT2D eigenvalue weighted by Gasteiger charge is -2.29. The van der Waals surface area contributed by atoms with Gasteiger partial charge in [-0.25, -0.2) is 0 Å². The molecule has 1 atom stereocenters. The number of rotatable bonds is 4. The topological polar surface area (TPSA) is 20.2 Å². The Labute approximate surface area is 85.8 Å². The first-order valence-corrected chi connectivity index (χ1v) is 4.17. The Balaban J connectivity index is 0. The minimum absolute atomic E-state index is 0. The third-order valence-corrected chi connectivity index (χ3v) is 1.63. The van der Waals surface area contributed by atoms with Gasteiger partial charge in [-0.2, -0.15) is 0 Å². The fourth-order valence-corrected chi connectivity index (χ4v) is 1.19. The Morgan fingerprint density at radius 1 is 1.50 bits per heavy atom. The molecular weight excluding hydrogens is 197 g/mol. The molecular formula is C8H17Cl2NO. The molecule has 0 rings (SSSR count). The predicted octanol–water partition coefficient (Wildman–Crippen LogP) is -1.80. The second-order valence-corrected chi connectivity index (χ2v) is 3.76. The summed E-state index contributed by atoms with van der Waals surface area (Å²) in [4.78, 5) is 0. The fourth-order valence-electron chi connectivity index (χ4n) is 1.12. The van der Waals surface area contributed by atoms with Crippen LogP contribution in [0.5, 0.6) is 0 Å². The molecule has 0 amide bonds. The summed E-state index contributed by atoms with van der Waals surface area (Å²) in [6.45, 7) is 3.40. The molecule has 0 aliphatic carbocycles. The molecule has 0 aromatic heterocycles. The molecule has 0 aromatic rings. The van der Waals surface area contributed by atoms with Crippen LogP contribution < -0.4 is 12.4 Å². The highest BCUT2D eigenvalue weighted by atomic mass is 35.5. The molecule has 1 N–H and O–H groups in total. The van der Waals surface area contributed by atoms with Gasteiger partial charge in [0.05, 0.1) is 20.6 Å². The van der Waals surface area contributed by atoms with Crippen molar-refractivity contribution >= 4 is 11.6 Å². The maximum Gasteiger partial charge on any atom is 0.105 e. The van der Waals surface area contributed by atoms with Crippen molar-refractivity contribution in [2.75, 3.05) is 27.2 Å². The Hall–Kier alpha value is 0.240. The van der Waals surface area contributed by atoms with E-state index in [2.05, 4.69) is 14.1 Å². The van der Waals surface area contributed by atoms with Gasteiger partial charge in [-0.3, -0.25) is 0 Å². The number of nitrogens with zero attached hydrogens (tertiary/aromatic N) is 1. The molecule has 0 aliphatic rings. The predicted molar refractivity (Wildman–Crippen MR) is 48.5 cm³/mol. The van der Waals surface area contributed by atoms with Crippen molar-refractivity contribution in [3.8, 4) is 0 Å². The zero-order chi connectivity index (χ0) is 8.91. The van der Waals surface area contributed by atoms with Crippen LogP contribution in [0.25, 0.3) is 0 Å². The van der Waals surface area contributed by atoms with Crippen molar-refractivity contribution in [1.29, 1.82) is 0 Å². The Bertz CT molecular complexity index is 135. The average molecular weight is 214 g/mol. The van der Waals surface area contributed by atoms with Gasteiger partial charge >= 0.3 is 0 Å². The van der Waals surface area contributed by atoms with Crippen LogP contribution in [0.15, 0.2) is 11.6 Å². The molecule has 0 saturated heterocycles. The molecule has 0 aliphatic heterocycles. The molecule has 2 nitrogen and oxygen atoms in total. The van der Waals surface area contributed by atoms with Crippen molar-refractivity contribution in [2.45, 2.75) is 13.0 Å². The van der Waals surface area contributed by atoms with Crippen LogP contribution in [0.2, 0.25) is 0 Å². The van der Waals surface area contributed by atoms with Crippen molar-refractivity contribution in [2.24, 2.45) is 0 Å². The van der Waals surface area contributed by atoms with Gasteiger partial charge in [0.2, 0.25) is 0 Å². The molecule has 12 heavy (non-hydrogen) atoms. The Morgan fingerprint density at radius 2 is 2.00 bits per heavy atom. The van der Waals surface area contributed by atoms with Gasteiger partial charge in [0.25, 0.3) is 0 Å². The van der Waals surface area contributed by atoms with Crippen LogP contribution in [-0.4, -0.2) is 42.9 Å². The van der Waals surface area contributed by atoms with E-state index in [1.54, 1.807) is 6.92 Å². The van der Waals surface area contributed by atoms with Crippen LogP contribution in [-0.2, 0) is 0 Å². The van der Waals surface area contributed by atoms with Gasteiger partial charge < -0.3 is 22.0 Å². The van der Waals surface area contributed by atoms with Gasteiger partial charge in [-0.15, -0.1) is 0 Å². The number of likely N-dealkylation sites (N-methyl/N-ethyl adjacent to an activating group) is 1. The number of hydrogen-bond acceptors (Lipinski definition) is 1. The van der Waals surface area contributed by atoms with E-state index in [9.17, 15) is 0 Å². The lowest BCUT2D eigenvalue weighted by Crippen LogP contribution is -3.00. The third-order valence-electron chi connectivity index (χ3n) is 1.45. The molecule has 0 fully saturated rings. The van der Waals surface area contributed by atoms with E-state index < -0.39 is 0 Å². The van der Waals surface area contributed by atoms with E-state index in [0.717, 1.165) is 17.6 Å². The number of halogens is 2. The second-order valence-electron chi connectivity index (χ2n) is 3.51. The average Bonchev–Trinajstić information content (AvgIpc) is 1.81. The first-order chi connectivity index (χ1) is 4.98. The summed E-state index contributed by atoms with van der Waals surface area (Å²) in [5.74, 6) is 0. The van der Waals surface area contributed by atoms with E-state index in [-0.39, 0.29) is 18.5 Å². The molecule has 0 heterocycles. The quantitative estimate of drug-likeness (QED) is 0.547. The van der Waals surface area contributed by atoms with Crippen molar-refractivity contribution in [3.63, 3.8) is 0 Å². The fraction of sp³-hybridized carbons (Fsp3) is 0.750. The van der Waals surface area contributed by atoms with E-state index in [1.165, 1.54) is 5.54 Å². The molecule has 0 spiro atoms. The molecule has 1 unspecified atom stereocenters. The summed E-state index contributed by atoms with van der Waals surface area (Å²) in [7, 11) is 4.12. The first-order valence-electron chi connectivity index (χ1n) is 3.73. The number of aliphatic hydroxyl groups is 1. The minimum atomic E-state index is -0.256. The second kappa shape index (κ2) is 6.72. The van der Waals surface area contributed by atoms with Crippen LogP contribution in [0, 0.1) is 0 Å². The van der Waals surface area contributed by atoms with E-state index >= 15 is 0 Å².